The normalized spacial score (nSPS) is 11.9. The topological polar surface area (TPSA) is 62.7 Å². The van der Waals surface area contributed by atoms with Crippen molar-refractivity contribution in [1.82, 2.24) is 4.68 Å². The van der Waals surface area contributed by atoms with Crippen LogP contribution in [0, 0.1) is 11.3 Å². The predicted octanol–water partition coefficient (Wildman–Crippen LogP) is 3.58. The molecule has 0 aliphatic carbocycles. The highest BCUT2D eigenvalue weighted by molar-refractivity contribution is 7.14. The number of aromatic nitrogens is 1. The SMILES string of the molecule is COCCN=c1scc(-c2cccs2)n1/N=C\c1ccc(C#N)cc1. The Hall–Kier alpha value is -2.53. The fourth-order valence-electron chi connectivity index (χ4n) is 2.11. The van der Waals surface area contributed by atoms with Crippen molar-refractivity contribution in [3.8, 4) is 16.6 Å². The van der Waals surface area contributed by atoms with Gasteiger partial charge in [-0.15, -0.1) is 22.7 Å². The van der Waals surface area contributed by atoms with Gasteiger partial charge in [-0.2, -0.15) is 10.4 Å². The molecule has 3 rings (SSSR count). The highest BCUT2D eigenvalue weighted by Crippen LogP contribution is 2.25. The van der Waals surface area contributed by atoms with Crippen molar-refractivity contribution < 1.29 is 4.74 Å². The number of ether oxygens (including phenoxy) is 1. The molecular weight excluding hydrogens is 352 g/mol. The fraction of sp³-hybridized carbons (Fsp3) is 0.167. The Morgan fingerprint density at radius 2 is 2.08 bits per heavy atom. The summed E-state index contributed by atoms with van der Waals surface area (Å²) in [6.07, 6.45) is 1.78. The second kappa shape index (κ2) is 8.53. The van der Waals surface area contributed by atoms with Gasteiger partial charge in [0.25, 0.3) is 0 Å². The van der Waals surface area contributed by atoms with E-state index in [1.165, 1.54) is 0 Å². The van der Waals surface area contributed by atoms with Crippen LogP contribution in [0.2, 0.25) is 0 Å². The van der Waals surface area contributed by atoms with Crippen molar-refractivity contribution >= 4 is 28.9 Å². The van der Waals surface area contributed by atoms with E-state index in [4.69, 9.17) is 10.00 Å². The molecule has 0 atom stereocenters. The van der Waals surface area contributed by atoms with Crippen LogP contribution in [0.1, 0.15) is 11.1 Å². The van der Waals surface area contributed by atoms with Crippen LogP contribution < -0.4 is 4.80 Å². The summed E-state index contributed by atoms with van der Waals surface area (Å²) in [6.45, 7) is 1.17. The zero-order valence-electron chi connectivity index (χ0n) is 13.6. The lowest BCUT2D eigenvalue weighted by molar-refractivity contribution is 0.207. The van der Waals surface area contributed by atoms with Gasteiger partial charge in [-0.25, -0.2) is 4.68 Å². The molecule has 0 unspecified atom stereocenters. The maximum absolute atomic E-state index is 8.88. The van der Waals surface area contributed by atoms with E-state index in [1.807, 2.05) is 28.3 Å². The Labute approximate surface area is 153 Å². The zero-order chi connectivity index (χ0) is 17.5. The maximum atomic E-state index is 8.88. The first-order valence-electron chi connectivity index (χ1n) is 7.60. The Bertz CT molecular complexity index is 944. The fourth-order valence-corrected chi connectivity index (χ4v) is 3.77. The second-order valence-corrected chi connectivity index (χ2v) is 6.83. The Morgan fingerprint density at radius 3 is 2.76 bits per heavy atom. The first-order valence-corrected chi connectivity index (χ1v) is 9.36. The molecule has 1 aromatic carbocycles. The average molecular weight is 368 g/mol. The molecule has 2 aromatic heterocycles. The molecule has 25 heavy (non-hydrogen) atoms. The van der Waals surface area contributed by atoms with Crippen molar-refractivity contribution in [1.29, 1.82) is 5.26 Å². The summed E-state index contributed by atoms with van der Waals surface area (Å²) < 4.78 is 6.92. The quantitative estimate of drug-likeness (QED) is 0.493. The van der Waals surface area contributed by atoms with Crippen molar-refractivity contribution in [2.75, 3.05) is 20.3 Å². The first-order chi connectivity index (χ1) is 12.3. The Morgan fingerprint density at radius 1 is 1.24 bits per heavy atom. The smallest absolute Gasteiger partial charge is 0.206 e. The van der Waals surface area contributed by atoms with E-state index in [2.05, 4.69) is 27.6 Å². The molecule has 0 bridgehead atoms. The molecule has 0 radical (unpaired) electrons. The molecule has 0 saturated heterocycles. The van der Waals surface area contributed by atoms with Crippen molar-refractivity contribution in [2.24, 2.45) is 10.1 Å². The van der Waals surface area contributed by atoms with Gasteiger partial charge in [-0.05, 0) is 29.1 Å². The van der Waals surface area contributed by atoms with Crippen LogP contribution >= 0.6 is 22.7 Å². The lowest BCUT2D eigenvalue weighted by atomic mass is 10.2. The van der Waals surface area contributed by atoms with E-state index in [9.17, 15) is 0 Å². The number of methoxy groups -OCH3 is 1. The van der Waals surface area contributed by atoms with Crippen LogP contribution in [-0.4, -0.2) is 31.2 Å². The number of nitriles is 1. The number of benzene rings is 1. The summed E-state index contributed by atoms with van der Waals surface area (Å²) in [7, 11) is 1.66. The van der Waals surface area contributed by atoms with E-state index < -0.39 is 0 Å². The molecular formula is C18H16N4OS2. The second-order valence-electron chi connectivity index (χ2n) is 5.05. The molecule has 0 amide bonds. The molecule has 0 aliphatic rings. The minimum atomic E-state index is 0.575. The van der Waals surface area contributed by atoms with Crippen molar-refractivity contribution in [2.45, 2.75) is 0 Å². The van der Waals surface area contributed by atoms with E-state index >= 15 is 0 Å². The highest BCUT2D eigenvalue weighted by Gasteiger charge is 2.08. The number of thiophene rings is 1. The zero-order valence-corrected chi connectivity index (χ0v) is 15.3. The van der Waals surface area contributed by atoms with Gasteiger partial charge in [0.05, 0.1) is 41.6 Å². The Kier molecular flexibility index (Phi) is 5.90. The van der Waals surface area contributed by atoms with Gasteiger partial charge in [0.15, 0.2) is 0 Å². The summed E-state index contributed by atoms with van der Waals surface area (Å²) in [4.78, 5) is 6.54. The van der Waals surface area contributed by atoms with Crippen LogP contribution in [0.25, 0.3) is 10.6 Å². The van der Waals surface area contributed by atoms with Gasteiger partial charge >= 0.3 is 0 Å². The summed E-state index contributed by atoms with van der Waals surface area (Å²) >= 11 is 3.22. The largest absolute Gasteiger partial charge is 0.383 e. The molecule has 0 saturated carbocycles. The number of nitrogens with zero attached hydrogens (tertiary/aromatic N) is 4. The lowest BCUT2D eigenvalue weighted by Gasteiger charge is -2.01. The molecule has 126 valence electrons. The van der Waals surface area contributed by atoms with Gasteiger partial charge in [-0.3, -0.25) is 4.99 Å². The molecule has 2 heterocycles. The molecule has 7 heteroatoms. The lowest BCUT2D eigenvalue weighted by Crippen LogP contribution is -2.13. The number of hydrogen-bond donors (Lipinski definition) is 0. The molecule has 5 nitrogen and oxygen atoms in total. The van der Waals surface area contributed by atoms with Crippen LogP contribution in [0.5, 0.6) is 0 Å². The number of rotatable bonds is 6. The van der Waals surface area contributed by atoms with Crippen LogP contribution in [0.4, 0.5) is 0 Å². The van der Waals surface area contributed by atoms with Gasteiger partial charge in [0, 0.05) is 12.5 Å². The highest BCUT2D eigenvalue weighted by atomic mass is 32.1. The van der Waals surface area contributed by atoms with E-state index in [-0.39, 0.29) is 0 Å². The summed E-state index contributed by atoms with van der Waals surface area (Å²) in [5.74, 6) is 0. The van der Waals surface area contributed by atoms with Crippen LogP contribution in [0.3, 0.4) is 0 Å². The molecule has 0 aliphatic heterocycles. The third-order valence-corrected chi connectivity index (χ3v) is 5.11. The monoisotopic (exact) mass is 368 g/mol. The van der Waals surface area contributed by atoms with Crippen molar-refractivity contribution in [3.63, 3.8) is 0 Å². The average Bonchev–Trinajstić information content (AvgIpc) is 3.30. The summed E-state index contributed by atoms with van der Waals surface area (Å²) in [5.41, 5.74) is 2.58. The van der Waals surface area contributed by atoms with E-state index in [0.29, 0.717) is 18.7 Å². The van der Waals surface area contributed by atoms with Gasteiger partial charge in [0.2, 0.25) is 4.80 Å². The van der Waals surface area contributed by atoms with E-state index in [0.717, 1.165) is 20.9 Å². The maximum Gasteiger partial charge on any atom is 0.206 e. The summed E-state index contributed by atoms with van der Waals surface area (Å²) in [5, 5.41) is 17.6. The van der Waals surface area contributed by atoms with E-state index in [1.54, 1.807) is 48.1 Å². The van der Waals surface area contributed by atoms with Gasteiger partial charge in [-0.1, -0.05) is 18.2 Å². The molecule has 0 fully saturated rings. The predicted molar refractivity (Wildman–Crippen MR) is 102 cm³/mol. The molecule has 0 N–H and O–H groups in total. The van der Waals surface area contributed by atoms with Crippen LogP contribution in [0.15, 0.2) is 57.3 Å². The van der Waals surface area contributed by atoms with Gasteiger partial charge < -0.3 is 4.74 Å². The van der Waals surface area contributed by atoms with Gasteiger partial charge in [0.1, 0.15) is 0 Å². The molecule has 3 aromatic rings. The Balaban J connectivity index is 1.96. The first kappa shape index (κ1) is 17.3. The standard InChI is InChI=1S/C18H16N4OS2/c1-23-9-8-20-18-22(16(13-25-18)17-3-2-10-24-17)21-12-15-6-4-14(11-19)5-7-15/h2-7,10,12-13H,8-9H2,1H3/b20-18?,21-12-. The number of hydrogen-bond acceptors (Lipinski definition) is 6. The number of thiazole rings is 1. The third kappa shape index (κ3) is 4.31. The third-order valence-electron chi connectivity index (χ3n) is 3.36. The van der Waals surface area contributed by atoms with Crippen LogP contribution in [-0.2, 0) is 4.74 Å². The molecule has 0 spiro atoms. The summed E-state index contributed by atoms with van der Waals surface area (Å²) in [6, 6.07) is 13.5. The minimum absolute atomic E-state index is 0.575. The van der Waals surface area contributed by atoms with Crippen molar-refractivity contribution in [3.05, 3.63) is 63.1 Å². The minimum Gasteiger partial charge on any atom is -0.383 e.